The molecule has 134 valence electrons. The summed E-state index contributed by atoms with van der Waals surface area (Å²) in [7, 11) is -1.19. The summed E-state index contributed by atoms with van der Waals surface area (Å²) in [5.41, 5.74) is -0.533. The van der Waals surface area contributed by atoms with Crippen molar-refractivity contribution in [2.45, 2.75) is 38.6 Å². The Morgan fingerprint density at radius 3 is 2.60 bits per heavy atom. The molecule has 2 aromatic rings. The van der Waals surface area contributed by atoms with Gasteiger partial charge in [0.05, 0.1) is 23.4 Å². The number of benzene rings is 1. The molecule has 0 aliphatic carbocycles. The van der Waals surface area contributed by atoms with E-state index in [0.29, 0.717) is 12.2 Å². The molecule has 0 aliphatic heterocycles. The third kappa shape index (κ3) is 5.44. The van der Waals surface area contributed by atoms with Crippen LogP contribution in [0.2, 0.25) is 25.7 Å². The van der Waals surface area contributed by atoms with E-state index in [1.54, 1.807) is 6.07 Å². The van der Waals surface area contributed by atoms with Crippen LogP contribution in [-0.2, 0) is 17.6 Å². The Hall–Kier alpha value is -2.11. The first kappa shape index (κ1) is 19.2. The summed E-state index contributed by atoms with van der Waals surface area (Å²) in [5.74, 6) is 0. The van der Waals surface area contributed by atoms with Gasteiger partial charge in [-0.25, -0.2) is 4.68 Å². The standard InChI is InChI=1S/C17H20F3N3OSi/c1-25(2,3)7-6-24-12-23-11-14(10-22-23)15-5-4-13(9-21)8-16(15)17(18,19)20/h4-5,8,10-11H,6-7,12H2,1-3H3. The van der Waals surface area contributed by atoms with E-state index in [-0.39, 0.29) is 17.9 Å². The Kier molecular flexibility index (Phi) is 5.70. The van der Waals surface area contributed by atoms with Gasteiger partial charge in [-0.15, -0.1) is 0 Å². The van der Waals surface area contributed by atoms with E-state index in [2.05, 4.69) is 24.7 Å². The van der Waals surface area contributed by atoms with Crippen LogP contribution in [0.3, 0.4) is 0 Å². The van der Waals surface area contributed by atoms with Crippen molar-refractivity contribution in [1.29, 1.82) is 5.26 Å². The molecule has 2 rings (SSSR count). The smallest absolute Gasteiger partial charge is 0.360 e. The van der Waals surface area contributed by atoms with E-state index in [1.807, 2.05) is 0 Å². The summed E-state index contributed by atoms with van der Waals surface area (Å²) in [6, 6.07) is 6.27. The zero-order chi connectivity index (χ0) is 18.7. The number of rotatable bonds is 6. The maximum Gasteiger partial charge on any atom is 0.417 e. The molecule has 0 amide bonds. The first-order valence-corrected chi connectivity index (χ1v) is 11.5. The van der Waals surface area contributed by atoms with Crippen LogP contribution in [0.1, 0.15) is 11.1 Å². The van der Waals surface area contributed by atoms with Crippen LogP contribution in [0.4, 0.5) is 13.2 Å². The van der Waals surface area contributed by atoms with Crippen molar-refractivity contribution in [2.75, 3.05) is 6.61 Å². The molecule has 0 radical (unpaired) electrons. The number of nitriles is 1. The van der Waals surface area contributed by atoms with Gasteiger partial charge in [0.1, 0.15) is 6.73 Å². The Morgan fingerprint density at radius 2 is 2.00 bits per heavy atom. The van der Waals surface area contributed by atoms with Gasteiger partial charge in [-0.1, -0.05) is 25.7 Å². The number of hydrogen-bond donors (Lipinski definition) is 0. The average Bonchev–Trinajstić information content (AvgIpc) is 2.98. The van der Waals surface area contributed by atoms with E-state index >= 15 is 0 Å². The van der Waals surface area contributed by atoms with E-state index in [4.69, 9.17) is 10.00 Å². The number of halogens is 3. The highest BCUT2D eigenvalue weighted by atomic mass is 28.3. The van der Waals surface area contributed by atoms with Gasteiger partial charge in [0, 0.05) is 26.4 Å². The molecule has 25 heavy (non-hydrogen) atoms. The summed E-state index contributed by atoms with van der Waals surface area (Å²) in [5, 5.41) is 12.9. The Balaban J connectivity index is 2.16. The number of ether oxygens (including phenoxy) is 1. The van der Waals surface area contributed by atoms with E-state index in [1.165, 1.54) is 29.2 Å². The lowest BCUT2D eigenvalue weighted by Crippen LogP contribution is -2.22. The van der Waals surface area contributed by atoms with Crippen molar-refractivity contribution in [1.82, 2.24) is 9.78 Å². The second kappa shape index (κ2) is 7.41. The molecular weight excluding hydrogens is 347 g/mol. The molecule has 4 nitrogen and oxygen atoms in total. The van der Waals surface area contributed by atoms with Crippen molar-refractivity contribution in [2.24, 2.45) is 0 Å². The first-order valence-electron chi connectivity index (χ1n) is 7.82. The lowest BCUT2D eigenvalue weighted by molar-refractivity contribution is -0.137. The summed E-state index contributed by atoms with van der Waals surface area (Å²) in [6.07, 6.45) is -1.65. The molecule has 1 heterocycles. The van der Waals surface area contributed by atoms with Crippen LogP contribution in [0, 0.1) is 11.3 Å². The van der Waals surface area contributed by atoms with Gasteiger partial charge in [0.25, 0.3) is 0 Å². The summed E-state index contributed by atoms with van der Waals surface area (Å²) < 4.78 is 46.8. The fraction of sp³-hybridized carbons (Fsp3) is 0.412. The minimum absolute atomic E-state index is 0.000140. The molecular formula is C17H20F3N3OSi. The summed E-state index contributed by atoms with van der Waals surface area (Å²) in [6.45, 7) is 7.53. The van der Waals surface area contributed by atoms with Gasteiger partial charge in [-0.05, 0) is 23.7 Å². The first-order chi connectivity index (χ1) is 11.6. The highest BCUT2D eigenvalue weighted by Crippen LogP contribution is 2.37. The molecule has 8 heteroatoms. The van der Waals surface area contributed by atoms with Crippen LogP contribution < -0.4 is 0 Å². The second-order valence-corrected chi connectivity index (χ2v) is 12.6. The Morgan fingerprint density at radius 1 is 1.28 bits per heavy atom. The lowest BCUT2D eigenvalue weighted by Gasteiger charge is -2.15. The predicted octanol–water partition coefficient (Wildman–Crippen LogP) is 4.75. The van der Waals surface area contributed by atoms with Crippen LogP contribution in [0.25, 0.3) is 11.1 Å². The third-order valence-corrected chi connectivity index (χ3v) is 5.32. The molecule has 0 fully saturated rings. The van der Waals surface area contributed by atoms with Crippen LogP contribution >= 0.6 is 0 Å². The summed E-state index contributed by atoms with van der Waals surface area (Å²) >= 11 is 0. The number of nitrogens with zero attached hydrogens (tertiary/aromatic N) is 3. The molecule has 0 spiro atoms. The van der Waals surface area contributed by atoms with Crippen molar-refractivity contribution < 1.29 is 17.9 Å². The normalized spacial score (nSPS) is 12.2. The van der Waals surface area contributed by atoms with Crippen LogP contribution in [0.15, 0.2) is 30.6 Å². The number of aromatic nitrogens is 2. The van der Waals surface area contributed by atoms with Crippen molar-refractivity contribution in [3.8, 4) is 17.2 Å². The largest absolute Gasteiger partial charge is 0.417 e. The van der Waals surface area contributed by atoms with Crippen LogP contribution in [-0.4, -0.2) is 24.5 Å². The minimum Gasteiger partial charge on any atom is -0.360 e. The lowest BCUT2D eigenvalue weighted by atomic mass is 10.00. The number of hydrogen-bond acceptors (Lipinski definition) is 3. The van der Waals surface area contributed by atoms with Crippen molar-refractivity contribution in [3.63, 3.8) is 0 Å². The number of alkyl halides is 3. The maximum absolute atomic E-state index is 13.3. The van der Waals surface area contributed by atoms with Gasteiger partial charge in [-0.3, -0.25) is 0 Å². The molecule has 0 atom stereocenters. The van der Waals surface area contributed by atoms with E-state index in [9.17, 15) is 13.2 Å². The third-order valence-electron chi connectivity index (χ3n) is 3.62. The van der Waals surface area contributed by atoms with Gasteiger partial charge in [0.15, 0.2) is 0 Å². The quantitative estimate of drug-likeness (QED) is 0.547. The monoisotopic (exact) mass is 367 g/mol. The molecule has 0 N–H and O–H groups in total. The van der Waals surface area contributed by atoms with Crippen molar-refractivity contribution in [3.05, 3.63) is 41.7 Å². The molecule has 0 saturated carbocycles. The highest BCUT2D eigenvalue weighted by Gasteiger charge is 2.34. The van der Waals surface area contributed by atoms with Crippen molar-refractivity contribution >= 4 is 8.07 Å². The van der Waals surface area contributed by atoms with Gasteiger partial charge in [-0.2, -0.15) is 23.5 Å². The zero-order valence-corrected chi connectivity index (χ0v) is 15.4. The molecule has 0 saturated heterocycles. The minimum atomic E-state index is -4.54. The summed E-state index contributed by atoms with van der Waals surface area (Å²) in [4.78, 5) is 0. The molecule has 0 unspecified atom stereocenters. The SMILES string of the molecule is C[Si](C)(C)CCOCn1cc(-c2ccc(C#N)cc2C(F)(F)F)cn1. The van der Waals surface area contributed by atoms with E-state index < -0.39 is 19.8 Å². The van der Waals surface area contributed by atoms with E-state index in [0.717, 1.165) is 12.1 Å². The molecule has 0 aliphatic rings. The zero-order valence-electron chi connectivity index (χ0n) is 14.4. The Bertz CT molecular complexity index is 773. The van der Waals surface area contributed by atoms with Gasteiger partial charge in [0.2, 0.25) is 0 Å². The predicted molar refractivity (Wildman–Crippen MR) is 91.5 cm³/mol. The Labute approximate surface area is 145 Å². The van der Waals surface area contributed by atoms with Gasteiger partial charge >= 0.3 is 6.18 Å². The average molecular weight is 367 g/mol. The molecule has 1 aromatic carbocycles. The highest BCUT2D eigenvalue weighted by molar-refractivity contribution is 6.76. The fourth-order valence-electron chi connectivity index (χ4n) is 2.21. The van der Waals surface area contributed by atoms with Gasteiger partial charge < -0.3 is 4.74 Å². The topological polar surface area (TPSA) is 50.8 Å². The van der Waals surface area contributed by atoms with Crippen LogP contribution in [0.5, 0.6) is 0 Å². The molecule has 1 aromatic heterocycles. The fourth-order valence-corrected chi connectivity index (χ4v) is 2.97. The maximum atomic E-state index is 13.3. The molecule has 0 bridgehead atoms. The second-order valence-electron chi connectivity index (χ2n) is 6.99.